The summed E-state index contributed by atoms with van der Waals surface area (Å²) in [4.78, 5) is 18.3. The number of imidazole rings is 1. The van der Waals surface area contributed by atoms with E-state index in [2.05, 4.69) is 15.3 Å². The van der Waals surface area contributed by atoms with Gasteiger partial charge in [-0.05, 0) is 40.5 Å². The van der Waals surface area contributed by atoms with Crippen molar-refractivity contribution in [2.24, 2.45) is 5.92 Å². The number of hydrogen-bond acceptors (Lipinski definition) is 3. The number of hydrogen-bond donors (Lipinski definition) is 3. The predicted molar refractivity (Wildman–Crippen MR) is 94.7 cm³/mol. The first kappa shape index (κ1) is 16.2. The quantitative estimate of drug-likeness (QED) is 0.688. The largest absolute Gasteiger partial charge is 0.379 e. The Morgan fingerprint density at radius 3 is 2.54 bits per heavy atom. The number of aromatic amines is 1. The van der Waals surface area contributed by atoms with Crippen LogP contribution in [0.1, 0.15) is 32.0 Å². The molecule has 1 amide bonds. The molecule has 0 saturated carbocycles. The van der Waals surface area contributed by atoms with E-state index in [0.29, 0.717) is 5.69 Å². The van der Waals surface area contributed by atoms with Crippen LogP contribution in [0.25, 0.3) is 10.8 Å². The number of amides is 1. The van der Waals surface area contributed by atoms with Crippen molar-refractivity contribution < 1.29 is 9.90 Å². The highest BCUT2D eigenvalue weighted by Gasteiger charge is 2.36. The Hall–Kier alpha value is -2.66. The Morgan fingerprint density at radius 2 is 1.92 bits per heavy atom. The van der Waals surface area contributed by atoms with Crippen molar-refractivity contribution >= 4 is 22.4 Å². The van der Waals surface area contributed by atoms with Crippen molar-refractivity contribution in [1.82, 2.24) is 9.97 Å². The lowest BCUT2D eigenvalue weighted by molar-refractivity contribution is -0.114. The van der Waals surface area contributed by atoms with E-state index in [1.165, 1.54) is 6.92 Å². The molecule has 0 bridgehead atoms. The van der Waals surface area contributed by atoms with Gasteiger partial charge in [0.15, 0.2) is 0 Å². The molecule has 0 radical (unpaired) electrons. The number of benzene rings is 2. The van der Waals surface area contributed by atoms with E-state index < -0.39 is 5.60 Å². The number of nitrogens with one attached hydrogen (secondary N) is 2. The summed E-state index contributed by atoms with van der Waals surface area (Å²) in [5.74, 6) is -0.131. The monoisotopic (exact) mass is 323 g/mol. The maximum Gasteiger partial charge on any atom is 0.221 e. The molecule has 24 heavy (non-hydrogen) atoms. The van der Waals surface area contributed by atoms with E-state index in [9.17, 15) is 9.90 Å². The first-order valence-electron chi connectivity index (χ1n) is 7.94. The van der Waals surface area contributed by atoms with Crippen LogP contribution in [0.4, 0.5) is 5.69 Å². The summed E-state index contributed by atoms with van der Waals surface area (Å²) < 4.78 is 0. The lowest BCUT2D eigenvalue weighted by atomic mass is 9.80. The Balaban J connectivity index is 2.08. The SMILES string of the molecule is CC(=O)Nc1ccc2cc([C@](O)(c3cnc[nH]3)C(C)C)ccc2c1. The molecular formula is C19H21N3O2. The lowest BCUT2D eigenvalue weighted by Gasteiger charge is -2.32. The average molecular weight is 323 g/mol. The molecule has 124 valence electrons. The van der Waals surface area contributed by atoms with Gasteiger partial charge in [-0.2, -0.15) is 0 Å². The van der Waals surface area contributed by atoms with Gasteiger partial charge in [-0.1, -0.05) is 32.0 Å². The van der Waals surface area contributed by atoms with E-state index in [-0.39, 0.29) is 11.8 Å². The molecule has 0 spiro atoms. The van der Waals surface area contributed by atoms with Gasteiger partial charge < -0.3 is 15.4 Å². The lowest BCUT2D eigenvalue weighted by Crippen LogP contribution is -2.33. The molecule has 0 saturated heterocycles. The Morgan fingerprint density at radius 1 is 1.21 bits per heavy atom. The van der Waals surface area contributed by atoms with Gasteiger partial charge in [-0.15, -0.1) is 0 Å². The predicted octanol–water partition coefficient (Wildman–Crippen LogP) is 3.41. The van der Waals surface area contributed by atoms with E-state index in [1.807, 2.05) is 50.2 Å². The van der Waals surface area contributed by atoms with Crippen molar-refractivity contribution in [2.75, 3.05) is 5.32 Å². The minimum atomic E-state index is -1.14. The molecule has 5 nitrogen and oxygen atoms in total. The molecule has 1 atom stereocenters. The molecule has 2 aromatic carbocycles. The third-order valence-corrected chi connectivity index (χ3v) is 4.35. The van der Waals surface area contributed by atoms with Crippen molar-refractivity contribution in [3.8, 4) is 0 Å². The molecule has 5 heteroatoms. The summed E-state index contributed by atoms with van der Waals surface area (Å²) in [5, 5.41) is 16.1. The number of nitrogens with zero attached hydrogens (tertiary/aromatic N) is 1. The summed E-state index contributed by atoms with van der Waals surface area (Å²) >= 11 is 0. The van der Waals surface area contributed by atoms with Crippen LogP contribution >= 0.6 is 0 Å². The van der Waals surface area contributed by atoms with Gasteiger partial charge in [-0.25, -0.2) is 4.98 Å². The van der Waals surface area contributed by atoms with Gasteiger partial charge in [0.25, 0.3) is 0 Å². The van der Waals surface area contributed by atoms with Crippen LogP contribution in [0, 0.1) is 5.92 Å². The number of aromatic nitrogens is 2. The standard InChI is InChI=1S/C19H21N3O2/c1-12(2)19(24,18-10-20-11-21-18)16-6-4-15-9-17(22-13(3)23)7-5-14(15)8-16/h4-12,24H,1-3H3,(H,20,21)(H,22,23)/t19-/m0/s1. The van der Waals surface area contributed by atoms with Crippen molar-refractivity contribution in [2.45, 2.75) is 26.4 Å². The van der Waals surface area contributed by atoms with Gasteiger partial charge in [0.1, 0.15) is 5.60 Å². The zero-order chi connectivity index (χ0) is 17.3. The zero-order valence-electron chi connectivity index (χ0n) is 14.0. The van der Waals surface area contributed by atoms with Crippen LogP contribution in [-0.2, 0) is 10.4 Å². The zero-order valence-corrected chi connectivity index (χ0v) is 14.0. The van der Waals surface area contributed by atoms with Crippen LogP contribution in [-0.4, -0.2) is 21.0 Å². The number of fused-ring (bicyclic) bond motifs is 1. The minimum Gasteiger partial charge on any atom is -0.379 e. The first-order chi connectivity index (χ1) is 11.4. The van der Waals surface area contributed by atoms with Crippen molar-refractivity contribution in [3.05, 3.63) is 60.2 Å². The number of H-pyrrole nitrogens is 1. The fourth-order valence-corrected chi connectivity index (χ4v) is 3.03. The van der Waals surface area contributed by atoms with Crippen molar-refractivity contribution in [3.63, 3.8) is 0 Å². The maximum absolute atomic E-state index is 11.3. The Kier molecular flexibility index (Phi) is 4.11. The number of carbonyl (C=O) groups is 1. The molecule has 0 unspecified atom stereocenters. The fourth-order valence-electron chi connectivity index (χ4n) is 3.03. The summed E-state index contributed by atoms with van der Waals surface area (Å²) in [6.07, 6.45) is 3.23. The summed E-state index contributed by atoms with van der Waals surface area (Å²) in [6, 6.07) is 11.6. The minimum absolute atomic E-state index is 0.0333. The second kappa shape index (κ2) is 6.09. The first-order valence-corrected chi connectivity index (χ1v) is 7.94. The molecule has 3 rings (SSSR count). The molecule has 0 aliphatic rings. The highest BCUT2D eigenvalue weighted by atomic mass is 16.3. The fraction of sp³-hybridized carbons (Fsp3) is 0.263. The maximum atomic E-state index is 11.3. The third-order valence-electron chi connectivity index (χ3n) is 4.35. The number of carbonyl (C=O) groups excluding carboxylic acids is 1. The summed E-state index contributed by atoms with van der Waals surface area (Å²) in [5.41, 5.74) is 1.10. The average Bonchev–Trinajstić information content (AvgIpc) is 3.07. The molecule has 0 aliphatic heterocycles. The molecular weight excluding hydrogens is 302 g/mol. The second-order valence-electron chi connectivity index (χ2n) is 6.34. The Labute approximate surface area is 140 Å². The smallest absolute Gasteiger partial charge is 0.221 e. The van der Waals surface area contributed by atoms with Gasteiger partial charge in [0.05, 0.1) is 18.2 Å². The molecule has 0 aliphatic carbocycles. The van der Waals surface area contributed by atoms with E-state index in [1.54, 1.807) is 12.5 Å². The third kappa shape index (κ3) is 2.78. The number of aliphatic hydroxyl groups is 1. The highest BCUT2D eigenvalue weighted by Crippen LogP contribution is 2.37. The summed E-state index contributed by atoms with van der Waals surface area (Å²) in [6.45, 7) is 5.44. The topological polar surface area (TPSA) is 78.0 Å². The van der Waals surface area contributed by atoms with Crippen LogP contribution < -0.4 is 5.32 Å². The van der Waals surface area contributed by atoms with E-state index in [0.717, 1.165) is 22.0 Å². The van der Waals surface area contributed by atoms with Gasteiger partial charge >= 0.3 is 0 Å². The molecule has 1 heterocycles. The molecule has 3 aromatic rings. The number of rotatable bonds is 4. The highest BCUT2D eigenvalue weighted by molar-refractivity contribution is 5.93. The number of anilines is 1. The van der Waals surface area contributed by atoms with Gasteiger partial charge in [0.2, 0.25) is 5.91 Å². The van der Waals surface area contributed by atoms with E-state index in [4.69, 9.17) is 0 Å². The Bertz CT molecular complexity index is 871. The van der Waals surface area contributed by atoms with Gasteiger partial charge in [0, 0.05) is 12.6 Å². The summed E-state index contributed by atoms with van der Waals surface area (Å²) in [7, 11) is 0. The second-order valence-corrected chi connectivity index (χ2v) is 6.34. The van der Waals surface area contributed by atoms with Crippen LogP contribution in [0.3, 0.4) is 0 Å². The normalized spacial score (nSPS) is 13.9. The molecule has 1 aromatic heterocycles. The van der Waals surface area contributed by atoms with Crippen LogP contribution in [0.5, 0.6) is 0 Å². The van der Waals surface area contributed by atoms with Crippen LogP contribution in [0.2, 0.25) is 0 Å². The molecule has 3 N–H and O–H groups in total. The van der Waals surface area contributed by atoms with Gasteiger partial charge in [-0.3, -0.25) is 4.79 Å². The van der Waals surface area contributed by atoms with Crippen LogP contribution in [0.15, 0.2) is 48.9 Å². The van der Waals surface area contributed by atoms with E-state index >= 15 is 0 Å². The van der Waals surface area contributed by atoms with Crippen molar-refractivity contribution in [1.29, 1.82) is 0 Å². The molecule has 0 fully saturated rings.